The maximum absolute atomic E-state index is 13.3. The minimum Gasteiger partial charge on any atom is -0.353 e. The fourth-order valence-corrected chi connectivity index (χ4v) is 2.40. The van der Waals surface area contributed by atoms with Gasteiger partial charge in [-0.05, 0) is 29.8 Å². The van der Waals surface area contributed by atoms with E-state index in [1.165, 1.54) is 0 Å². The van der Waals surface area contributed by atoms with Gasteiger partial charge in [-0.2, -0.15) is 5.26 Å². The molecule has 0 N–H and O–H groups in total. The summed E-state index contributed by atoms with van der Waals surface area (Å²) in [5.41, 5.74) is 1.14. The van der Waals surface area contributed by atoms with E-state index < -0.39 is 17.5 Å². The molecule has 0 atom stereocenters. The van der Waals surface area contributed by atoms with Gasteiger partial charge in [0.05, 0.1) is 0 Å². The summed E-state index contributed by atoms with van der Waals surface area (Å²) >= 11 is 0. The second kappa shape index (κ2) is 5.65. The molecule has 0 aliphatic heterocycles. The number of hydrogen-bond donors (Lipinski definition) is 0. The van der Waals surface area contributed by atoms with Gasteiger partial charge >= 0.3 is 0 Å². The molecule has 0 fully saturated rings. The summed E-state index contributed by atoms with van der Waals surface area (Å²) in [6.07, 6.45) is 1.70. The van der Waals surface area contributed by atoms with Crippen LogP contribution in [-0.4, -0.2) is 16.4 Å². The molecule has 7 heteroatoms. The topological polar surface area (TPSA) is 44.3 Å². The van der Waals surface area contributed by atoms with E-state index in [2.05, 4.69) is 11.1 Å². The Kier molecular flexibility index (Phi) is 3.66. The smallest absolute Gasteiger partial charge is 0.194 e. The minimum absolute atomic E-state index is 0.0761. The second-order valence-corrected chi connectivity index (χ2v) is 5.05. The molecule has 0 saturated carbocycles. The van der Waals surface area contributed by atoms with Crippen LogP contribution in [0, 0.1) is 28.8 Å². The number of pyridine rings is 1. The Morgan fingerprint density at radius 1 is 1.22 bits per heavy atom. The quantitative estimate of drug-likeness (QED) is 0.697. The van der Waals surface area contributed by atoms with Gasteiger partial charge in [0.15, 0.2) is 29.0 Å². The molecule has 2 aromatic heterocycles. The fourth-order valence-electron chi connectivity index (χ4n) is 2.40. The van der Waals surface area contributed by atoms with Gasteiger partial charge in [-0.1, -0.05) is 6.07 Å². The summed E-state index contributed by atoms with van der Waals surface area (Å²) in [4.78, 5) is 5.93. The van der Waals surface area contributed by atoms with Gasteiger partial charge in [0.2, 0.25) is 0 Å². The van der Waals surface area contributed by atoms with E-state index in [1.807, 2.05) is 0 Å². The Labute approximate surface area is 130 Å². The van der Waals surface area contributed by atoms with Crippen molar-refractivity contribution < 1.29 is 13.2 Å². The average Bonchev–Trinajstić information content (AvgIpc) is 2.91. The number of fused-ring (bicyclic) bond motifs is 1. The third-order valence-electron chi connectivity index (χ3n) is 3.44. The van der Waals surface area contributed by atoms with Crippen LogP contribution in [-0.2, 0) is 6.54 Å². The van der Waals surface area contributed by atoms with E-state index in [0.29, 0.717) is 17.2 Å². The van der Waals surface area contributed by atoms with Crippen molar-refractivity contribution in [2.75, 3.05) is 11.9 Å². The lowest BCUT2D eigenvalue weighted by Gasteiger charge is -2.17. The van der Waals surface area contributed by atoms with Crippen LogP contribution in [0.25, 0.3) is 5.65 Å². The SMILES string of the molecule is CN(Cc1cc(F)c(F)c(F)c1)c1nc2ccccn2c1C#N. The summed E-state index contributed by atoms with van der Waals surface area (Å²) in [7, 11) is 1.64. The third kappa shape index (κ3) is 2.59. The number of aromatic nitrogens is 2. The molecule has 0 radical (unpaired) electrons. The van der Waals surface area contributed by atoms with Crippen LogP contribution in [0.2, 0.25) is 0 Å². The van der Waals surface area contributed by atoms with Crippen molar-refractivity contribution in [3.63, 3.8) is 0 Å². The summed E-state index contributed by atoms with van der Waals surface area (Å²) in [6, 6.07) is 9.23. The van der Waals surface area contributed by atoms with Crippen molar-refractivity contribution in [3.8, 4) is 6.07 Å². The first-order valence-corrected chi connectivity index (χ1v) is 6.73. The summed E-state index contributed by atoms with van der Waals surface area (Å²) in [5, 5.41) is 9.34. The zero-order valence-corrected chi connectivity index (χ0v) is 12.1. The summed E-state index contributed by atoms with van der Waals surface area (Å²) in [5.74, 6) is -3.61. The largest absolute Gasteiger partial charge is 0.353 e. The fraction of sp³-hybridized carbons (Fsp3) is 0.125. The van der Waals surface area contributed by atoms with Crippen molar-refractivity contribution in [1.29, 1.82) is 5.26 Å². The van der Waals surface area contributed by atoms with Crippen LogP contribution in [0.1, 0.15) is 11.3 Å². The normalized spacial score (nSPS) is 10.7. The number of hydrogen-bond acceptors (Lipinski definition) is 3. The Hall–Kier alpha value is -3.01. The van der Waals surface area contributed by atoms with Crippen LogP contribution < -0.4 is 4.90 Å². The monoisotopic (exact) mass is 316 g/mol. The molecular weight excluding hydrogens is 305 g/mol. The van der Waals surface area contributed by atoms with Crippen LogP contribution >= 0.6 is 0 Å². The Morgan fingerprint density at radius 3 is 2.57 bits per heavy atom. The lowest BCUT2D eigenvalue weighted by molar-refractivity contribution is 0.445. The highest BCUT2D eigenvalue weighted by Gasteiger charge is 2.17. The molecule has 3 aromatic rings. The number of halogens is 3. The number of rotatable bonds is 3. The van der Waals surface area contributed by atoms with Crippen molar-refractivity contribution in [1.82, 2.24) is 9.38 Å². The molecular formula is C16H11F3N4. The van der Waals surface area contributed by atoms with Gasteiger partial charge in [-0.15, -0.1) is 0 Å². The molecule has 0 spiro atoms. The Balaban J connectivity index is 1.98. The zero-order chi connectivity index (χ0) is 16.6. The second-order valence-electron chi connectivity index (χ2n) is 5.05. The van der Waals surface area contributed by atoms with Crippen molar-refractivity contribution in [2.45, 2.75) is 6.54 Å². The van der Waals surface area contributed by atoms with Crippen LogP contribution in [0.4, 0.5) is 19.0 Å². The highest BCUT2D eigenvalue weighted by molar-refractivity contribution is 5.60. The highest BCUT2D eigenvalue weighted by atomic mass is 19.2. The zero-order valence-electron chi connectivity index (χ0n) is 12.1. The molecule has 23 heavy (non-hydrogen) atoms. The standard InChI is InChI=1S/C16H11F3N4/c1-22(9-10-6-11(17)15(19)12(18)7-10)16-13(8-20)23-5-3-2-4-14(23)21-16/h2-7H,9H2,1H3. The average molecular weight is 316 g/mol. The molecule has 116 valence electrons. The third-order valence-corrected chi connectivity index (χ3v) is 3.44. The van der Waals surface area contributed by atoms with E-state index in [9.17, 15) is 18.4 Å². The first-order valence-electron chi connectivity index (χ1n) is 6.73. The number of anilines is 1. The molecule has 3 rings (SSSR count). The lowest BCUT2D eigenvalue weighted by atomic mass is 10.2. The van der Waals surface area contributed by atoms with Gasteiger partial charge < -0.3 is 4.90 Å². The van der Waals surface area contributed by atoms with Gasteiger partial charge in [0.1, 0.15) is 11.7 Å². The van der Waals surface area contributed by atoms with Gasteiger partial charge in [-0.25, -0.2) is 18.2 Å². The van der Waals surface area contributed by atoms with Crippen molar-refractivity contribution in [3.05, 3.63) is 65.2 Å². The van der Waals surface area contributed by atoms with Crippen LogP contribution in [0.5, 0.6) is 0 Å². The molecule has 0 aliphatic carbocycles. The number of nitrogens with zero attached hydrogens (tertiary/aromatic N) is 4. The molecule has 2 heterocycles. The summed E-state index contributed by atoms with van der Waals surface area (Å²) in [6.45, 7) is 0.0761. The Bertz CT molecular complexity index is 904. The van der Waals surface area contributed by atoms with Crippen molar-refractivity contribution >= 4 is 11.5 Å². The van der Waals surface area contributed by atoms with E-state index in [0.717, 1.165) is 12.1 Å². The van der Waals surface area contributed by atoms with Gasteiger partial charge in [0.25, 0.3) is 0 Å². The molecule has 0 aliphatic rings. The molecule has 4 nitrogen and oxygen atoms in total. The van der Waals surface area contributed by atoms with Crippen molar-refractivity contribution in [2.24, 2.45) is 0 Å². The van der Waals surface area contributed by atoms with E-state index in [4.69, 9.17) is 0 Å². The highest BCUT2D eigenvalue weighted by Crippen LogP contribution is 2.22. The maximum atomic E-state index is 13.3. The molecule has 0 bridgehead atoms. The van der Waals surface area contributed by atoms with Crippen LogP contribution in [0.15, 0.2) is 36.5 Å². The predicted octanol–water partition coefficient (Wildman–Crippen LogP) is 3.26. The first-order chi connectivity index (χ1) is 11.0. The minimum atomic E-state index is -1.50. The van der Waals surface area contributed by atoms with Crippen LogP contribution in [0.3, 0.4) is 0 Å². The van der Waals surface area contributed by atoms with E-state index in [-0.39, 0.29) is 12.1 Å². The molecule has 0 amide bonds. The van der Waals surface area contributed by atoms with E-state index >= 15 is 0 Å². The summed E-state index contributed by atoms with van der Waals surface area (Å²) < 4.78 is 41.2. The van der Waals surface area contributed by atoms with E-state index in [1.54, 1.807) is 40.7 Å². The lowest BCUT2D eigenvalue weighted by Crippen LogP contribution is -2.18. The predicted molar refractivity (Wildman–Crippen MR) is 78.3 cm³/mol. The molecule has 1 aromatic carbocycles. The maximum Gasteiger partial charge on any atom is 0.194 e. The molecule has 0 saturated heterocycles. The number of benzene rings is 1. The molecule has 0 unspecified atom stereocenters. The van der Waals surface area contributed by atoms with Gasteiger partial charge in [0, 0.05) is 19.8 Å². The number of nitriles is 1. The Morgan fingerprint density at radius 2 is 1.91 bits per heavy atom. The van der Waals surface area contributed by atoms with Gasteiger partial charge in [-0.3, -0.25) is 4.40 Å². The first kappa shape index (κ1) is 14.9. The number of imidazole rings is 1.